The molecule has 0 heterocycles. The first-order chi connectivity index (χ1) is 11.4. The van der Waals surface area contributed by atoms with Crippen LogP contribution in [0.1, 0.15) is 16.7 Å². The lowest BCUT2D eigenvalue weighted by Gasteiger charge is -2.09. The molecule has 0 aliphatic rings. The molecule has 2 aromatic rings. The lowest BCUT2D eigenvalue weighted by molar-refractivity contribution is 0.394. The van der Waals surface area contributed by atoms with Gasteiger partial charge in [0.2, 0.25) is 0 Å². The van der Waals surface area contributed by atoms with E-state index < -0.39 is 10.0 Å². The van der Waals surface area contributed by atoms with Gasteiger partial charge in [-0.1, -0.05) is 12.1 Å². The van der Waals surface area contributed by atoms with Gasteiger partial charge in [-0.15, -0.1) is 0 Å². The van der Waals surface area contributed by atoms with E-state index in [1.165, 1.54) is 13.3 Å². The van der Waals surface area contributed by atoms with Crippen LogP contribution in [-0.2, 0) is 10.0 Å². The molecule has 2 rings (SSSR count). The Morgan fingerprint density at radius 1 is 1.04 bits per heavy atom. The number of hydrazone groups is 1. The van der Waals surface area contributed by atoms with Crippen molar-refractivity contribution in [3.8, 4) is 11.5 Å². The molecule has 0 unspecified atom stereocenters. The summed E-state index contributed by atoms with van der Waals surface area (Å²) in [7, 11) is -0.653. The molecule has 6 nitrogen and oxygen atoms in total. The van der Waals surface area contributed by atoms with Gasteiger partial charge in [0, 0.05) is 11.6 Å². The molecule has 0 atom stereocenters. The molecular weight excluding hydrogens is 328 g/mol. The van der Waals surface area contributed by atoms with Crippen LogP contribution in [0.2, 0.25) is 0 Å². The van der Waals surface area contributed by atoms with Gasteiger partial charge in [-0.3, -0.25) is 0 Å². The molecule has 0 aromatic heterocycles. The van der Waals surface area contributed by atoms with Crippen LogP contribution in [0.15, 0.2) is 46.4 Å². The average molecular weight is 348 g/mol. The predicted octanol–water partition coefficient (Wildman–Crippen LogP) is 2.63. The zero-order valence-electron chi connectivity index (χ0n) is 14.0. The van der Waals surface area contributed by atoms with Gasteiger partial charge >= 0.3 is 0 Å². The minimum Gasteiger partial charge on any atom is -0.497 e. The van der Waals surface area contributed by atoms with Crippen LogP contribution in [0.4, 0.5) is 0 Å². The van der Waals surface area contributed by atoms with Crippen LogP contribution in [-0.4, -0.2) is 28.9 Å². The molecule has 0 radical (unpaired) electrons. The molecule has 0 amide bonds. The zero-order valence-corrected chi connectivity index (χ0v) is 14.8. The summed E-state index contributed by atoms with van der Waals surface area (Å²) in [6.45, 7) is 3.58. The highest BCUT2D eigenvalue weighted by Gasteiger charge is 2.15. The van der Waals surface area contributed by atoms with Gasteiger partial charge in [0.1, 0.15) is 11.5 Å². The van der Waals surface area contributed by atoms with E-state index in [1.54, 1.807) is 44.4 Å². The number of aryl methyl sites for hydroxylation is 2. The van der Waals surface area contributed by atoms with Gasteiger partial charge in [-0.05, 0) is 43.2 Å². The Hall–Kier alpha value is -2.54. The second-order valence-electron chi connectivity index (χ2n) is 5.23. The van der Waals surface area contributed by atoms with Gasteiger partial charge in [0.05, 0.1) is 25.3 Å². The van der Waals surface area contributed by atoms with Crippen molar-refractivity contribution in [2.45, 2.75) is 18.7 Å². The second-order valence-corrected chi connectivity index (χ2v) is 6.86. The number of sulfonamides is 1. The number of rotatable bonds is 6. The van der Waals surface area contributed by atoms with Gasteiger partial charge in [-0.2, -0.15) is 13.5 Å². The molecular formula is C17H20N2O4S. The Balaban J connectivity index is 2.23. The number of hydrogen-bond donors (Lipinski definition) is 1. The van der Waals surface area contributed by atoms with Crippen LogP contribution in [0.3, 0.4) is 0 Å². The predicted molar refractivity (Wildman–Crippen MR) is 93.4 cm³/mol. The smallest absolute Gasteiger partial charge is 0.276 e. The summed E-state index contributed by atoms with van der Waals surface area (Å²) in [5.41, 5.74) is 2.15. The average Bonchev–Trinajstić information content (AvgIpc) is 2.57. The lowest BCUT2D eigenvalue weighted by Crippen LogP contribution is -2.19. The van der Waals surface area contributed by atoms with Gasteiger partial charge < -0.3 is 9.47 Å². The zero-order chi connectivity index (χ0) is 17.7. The van der Waals surface area contributed by atoms with Gasteiger partial charge in [-0.25, -0.2) is 4.83 Å². The van der Waals surface area contributed by atoms with Crippen LogP contribution in [0.25, 0.3) is 0 Å². The Morgan fingerprint density at radius 3 is 2.46 bits per heavy atom. The highest BCUT2D eigenvalue weighted by molar-refractivity contribution is 7.89. The van der Waals surface area contributed by atoms with E-state index in [1.807, 2.05) is 13.0 Å². The maximum atomic E-state index is 12.4. The molecule has 2 aromatic carbocycles. The van der Waals surface area contributed by atoms with Crippen molar-refractivity contribution in [3.63, 3.8) is 0 Å². The van der Waals surface area contributed by atoms with E-state index in [0.29, 0.717) is 22.6 Å². The monoisotopic (exact) mass is 348 g/mol. The van der Waals surface area contributed by atoms with Crippen LogP contribution in [0.5, 0.6) is 11.5 Å². The molecule has 0 saturated heterocycles. The van der Waals surface area contributed by atoms with Crippen LogP contribution < -0.4 is 14.3 Å². The fourth-order valence-electron chi connectivity index (χ4n) is 2.14. The quantitative estimate of drug-likeness (QED) is 0.643. The third kappa shape index (κ3) is 4.05. The molecule has 0 fully saturated rings. The Morgan fingerprint density at radius 2 is 1.79 bits per heavy atom. The maximum absolute atomic E-state index is 12.4. The first-order valence-corrected chi connectivity index (χ1v) is 8.70. The second kappa shape index (κ2) is 7.35. The van der Waals surface area contributed by atoms with Gasteiger partial charge in [0.15, 0.2) is 0 Å². The fourth-order valence-corrected chi connectivity index (χ4v) is 3.26. The number of hydrogen-bond acceptors (Lipinski definition) is 5. The van der Waals surface area contributed by atoms with Crippen molar-refractivity contribution in [1.29, 1.82) is 0 Å². The minimum atomic E-state index is -3.73. The van der Waals surface area contributed by atoms with Crippen molar-refractivity contribution in [2.24, 2.45) is 5.10 Å². The summed E-state index contributed by atoms with van der Waals surface area (Å²) < 4.78 is 35.1. The number of benzene rings is 2. The van der Waals surface area contributed by atoms with Gasteiger partial charge in [0.25, 0.3) is 10.0 Å². The summed E-state index contributed by atoms with van der Waals surface area (Å²) in [6.07, 6.45) is 1.39. The number of methoxy groups -OCH3 is 2. The maximum Gasteiger partial charge on any atom is 0.276 e. The molecule has 24 heavy (non-hydrogen) atoms. The summed E-state index contributed by atoms with van der Waals surface area (Å²) in [5, 5.41) is 3.84. The highest BCUT2D eigenvalue weighted by Crippen LogP contribution is 2.23. The highest BCUT2D eigenvalue weighted by atomic mass is 32.2. The normalized spacial score (nSPS) is 11.5. The molecule has 0 bridgehead atoms. The molecule has 128 valence electrons. The van der Waals surface area contributed by atoms with E-state index in [-0.39, 0.29) is 4.90 Å². The van der Waals surface area contributed by atoms with Crippen molar-refractivity contribution >= 4 is 16.2 Å². The summed E-state index contributed by atoms with van der Waals surface area (Å²) in [4.78, 5) is 2.44. The standard InChI is InChI=1S/C17H20N2O4S/c1-12-5-6-13(2)17(9-12)24(20,21)19-18-11-14-7-8-15(22-3)10-16(14)23-4/h5-11,19H,1-4H3/b18-11+. The van der Waals surface area contributed by atoms with Crippen LogP contribution in [0, 0.1) is 13.8 Å². The molecule has 0 spiro atoms. The number of nitrogens with one attached hydrogen (secondary N) is 1. The number of nitrogens with zero attached hydrogens (tertiary/aromatic N) is 1. The topological polar surface area (TPSA) is 77.0 Å². The summed E-state index contributed by atoms with van der Waals surface area (Å²) in [6, 6.07) is 10.4. The SMILES string of the molecule is COc1ccc(/C=N/NS(=O)(=O)c2cc(C)ccc2C)c(OC)c1. The summed E-state index contributed by atoms with van der Waals surface area (Å²) in [5.74, 6) is 1.17. The Bertz CT molecular complexity index is 861. The Kier molecular flexibility index (Phi) is 5.46. The molecule has 7 heteroatoms. The molecule has 0 aliphatic carbocycles. The van der Waals surface area contributed by atoms with E-state index >= 15 is 0 Å². The fraction of sp³-hybridized carbons (Fsp3) is 0.235. The van der Waals surface area contributed by atoms with Crippen molar-refractivity contribution in [2.75, 3.05) is 14.2 Å². The van der Waals surface area contributed by atoms with E-state index in [4.69, 9.17) is 9.47 Å². The van der Waals surface area contributed by atoms with Crippen molar-refractivity contribution in [3.05, 3.63) is 53.1 Å². The van der Waals surface area contributed by atoms with Crippen molar-refractivity contribution in [1.82, 2.24) is 4.83 Å². The molecule has 0 saturated carbocycles. The van der Waals surface area contributed by atoms with Crippen molar-refractivity contribution < 1.29 is 17.9 Å². The van der Waals surface area contributed by atoms with E-state index in [2.05, 4.69) is 9.93 Å². The minimum absolute atomic E-state index is 0.210. The third-order valence-electron chi connectivity index (χ3n) is 3.45. The largest absolute Gasteiger partial charge is 0.497 e. The first kappa shape index (κ1) is 17.8. The lowest BCUT2D eigenvalue weighted by atomic mass is 10.2. The number of ether oxygens (including phenoxy) is 2. The third-order valence-corrected chi connectivity index (χ3v) is 4.81. The molecule has 1 N–H and O–H groups in total. The summed E-state index contributed by atoms with van der Waals surface area (Å²) >= 11 is 0. The first-order valence-electron chi connectivity index (χ1n) is 7.21. The Labute approximate surface area is 142 Å². The van der Waals surface area contributed by atoms with Crippen LogP contribution >= 0.6 is 0 Å². The van der Waals surface area contributed by atoms with E-state index in [0.717, 1.165) is 5.56 Å². The molecule has 0 aliphatic heterocycles. The van der Waals surface area contributed by atoms with E-state index in [9.17, 15) is 8.42 Å².